The minimum absolute atomic E-state index is 0. The molecule has 1 amide bonds. The number of anilines is 1. The van der Waals surface area contributed by atoms with Crippen LogP contribution in [0.2, 0.25) is 5.02 Å². The normalized spacial score (nSPS) is 23.7. The topological polar surface area (TPSA) is 53.6 Å². The Balaban J connectivity index is 0.00000176. The third-order valence-electron chi connectivity index (χ3n) is 4.27. The number of rotatable bonds is 4. The third-order valence-corrected chi connectivity index (χ3v) is 4.56. The number of hydrogen-bond acceptors (Lipinski definition) is 4. The van der Waals surface area contributed by atoms with Crippen molar-refractivity contribution < 1.29 is 9.53 Å². The van der Waals surface area contributed by atoms with Gasteiger partial charge < -0.3 is 15.4 Å². The van der Waals surface area contributed by atoms with Crippen molar-refractivity contribution in [2.75, 3.05) is 45.2 Å². The van der Waals surface area contributed by atoms with Crippen molar-refractivity contribution in [3.8, 4) is 5.75 Å². The van der Waals surface area contributed by atoms with Crippen LogP contribution >= 0.6 is 24.0 Å². The van der Waals surface area contributed by atoms with E-state index in [0.29, 0.717) is 34.8 Å². The van der Waals surface area contributed by atoms with Crippen molar-refractivity contribution >= 4 is 35.6 Å². The smallest absolute Gasteiger partial charge is 0.238 e. The van der Waals surface area contributed by atoms with E-state index in [4.69, 9.17) is 16.3 Å². The Morgan fingerprint density at radius 3 is 2.68 bits per heavy atom. The van der Waals surface area contributed by atoms with Gasteiger partial charge in [0.05, 0.1) is 18.7 Å². The Morgan fingerprint density at radius 2 is 2.09 bits per heavy atom. The highest BCUT2D eigenvalue weighted by molar-refractivity contribution is 6.32. The molecule has 0 radical (unpaired) electrons. The van der Waals surface area contributed by atoms with E-state index in [1.807, 2.05) is 0 Å². The van der Waals surface area contributed by atoms with Crippen molar-refractivity contribution in [1.29, 1.82) is 0 Å². The summed E-state index contributed by atoms with van der Waals surface area (Å²) >= 11 is 6.05. The van der Waals surface area contributed by atoms with E-state index in [9.17, 15) is 4.79 Å². The van der Waals surface area contributed by atoms with Gasteiger partial charge in [-0.2, -0.15) is 0 Å². The predicted octanol–water partition coefficient (Wildman–Crippen LogP) is 1.86. The van der Waals surface area contributed by atoms with Crippen LogP contribution < -0.4 is 15.4 Å². The van der Waals surface area contributed by atoms with Crippen molar-refractivity contribution in [2.45, 2.75) is 0 Å². The number of nitrogens with one attached hydrogen (secondary N) is 2. The number of nitrogens with zero attached hydrogens (tertiary/aromatic N) is 1. The van der Waals surface area contributed by atoms with Crippen LogP contribution in [0.4, 0.5) is 5.69 Å². The van der Waals surface area contributed by atoms with Gasteiger partial charge in [0.15, 0.2) is 0 Å². The summed E-state index contributed by atoms with van der Waals surface area (Å²) in [6.07, 6.45) is 0. The number of carbonyl (C=O) groups excluding carboxylic acids is 1. The number of likely N-dealkylation sites (tertiary alicyclic amines) is 1. The van der Waals surface area contributed by atoms with Crippen molar-refractivity contribution in [3.05, 3.63) is 23.2 Å². The first-order valence-corrected chi connectivity index (χ1v) is 7.60. The number of halogens is 2. The lowest BCUT2D eigenvalue weighted by Gasteiger charge is -2.16. The van der Waals surface area contributed by atoms with Gasteiger partial charge in [-0.25, -0.2) is 0 Å². The fourth-order valence-corrected chi connectivity index (χ4v) is 3.49. The SMILES string of the molecule is COc1ccc(NC(=O)CN2C[C@H]3CNC[C@H]3C2)cc1Cl.Cl. The molecule has 22 heavy (non-hydrogen) atoms. The molecule has 2 saturated heterocycles. The first kappa shape index (κ1) is 17.3. The highest BCUT2D eigenvalue weighted by atomic mass is 35.5. The Bertz CT molecular complexity index is 530. The summed E-state index contributed by atoms with van der Waals surface area (Å²) in [5, 5.41) is 6.79. The summed E-state index contributed by atoms with van der Waals surface area (Å²) in [5.74, 6) is 2.01. The molecule has 0 spiro atoms. The van der Waals surface area contributed by atoms with Crippen LogP contribution in [0.15, 0.2) is 18.2 Å². The summed E-state index contributed by atoms with van der Waals surface area (Å²) in [6, 6.07) is 5.26. The summed E-state index contributed by atoms with van der Waals surface area (Å²) in [7, 11) is 1.57. The molecule has 1 aromatic rings. The van der Waals surface area contributed by atoms with Gasteiger partial charge in [-0.1, -0.05) is 11.6 Å². The largest absolute Gasteiger partial charge is 0.495 e. The molecule has 2 atom stereocenters. The van der Waals surface area contributed by atoms with Crippen LogP contribution in [0.5, 0.6) is 5.75 Å². The zero-order chi connectivity index (χ0) is 14.8. The first-order chi connectivity index (χ1) is 10.2. The van der Waals surface area contributed by atoms with Crippen LogP contribution in [0.3, 0.4) is 0 Å². The van der Waals surface area contributed by atoms with Gasteiger partial charge in [0.1, 0.15) is 5.75 Å². The maximum absolute atomic E-state index is 12.1. The molecule has 0 aliphatic carbocycles. The standard InChI is InChI=1S/C15H20ClN3O2.ClH/c1-21-14-3-2-12(4-13(14)16)18-15(20)9-19-7-10-5-17-6-11(10)8-19;/h2-4,10-11,17H,5-9H2,1H3,(H,18,20);1H/t10-,11+;. The molecule has 1 aromatic carbocycles. The molecule has 0 saturated carbocycles. The molecule has 2 aliphatic heterocycles. The molecule has 2 fully saturated rings. The van der Waals surface area contributed by atoms with E-state index >= 15 is 0 Å². The van der Waals surface area contributed by atoms with E-state index in [1.165, 1.54) is 0 Å². The van der Waals surface area contributed by atoms with Crippen LogP contribution in [0, 0.1) is 11.8 Å². The molecule has 2 heterocycles. The van der Waals surface area contributed by atoms with Gasteiger partial charge in [-0.05, 0) is 43.1 Å². The quantitative estimate of drug-likeness (QED) is 0.874. The predicted molar refractivity (Wildman–Crippen MR) is 90.2 cm³/mol. The van der Waals surface area contributed by atoms with Crippen LogP contribution in [-0.4, -0.2) is 50.6 Å². The number of hydrogen-bond donors (Lipinski definition) is 2. The lowest BCUT2D eigenvalue weighted by molar-refractivity contribution is -0.117. The maximum Gasteiger partial charge on any atom is 0.238 e. The highest BCUT2D eigenvalue weighted by Crippen LogP contribution is 2.28. The Kier molecular flexibility index (Phi) is 5.92. The second-order valence-electron chi connectivity index (χ2n) is 5.77. The maximum atomic E-state index is 12.1. The number of ether oxygens (including phenoxy) is 1. The zero-order valence-electron chi connectivity index (χ0n) is 12.5. The van der Waals surface area contributed by atoms with Crippen molar-refractivity contribution in [2.24, 2.45) is 11.8 Å². The van der Waals surface area contributed by atoms with Gasteiger partial charge >= 0.3 is 0 Å². The summed E-state index contributed by atoms with van der Waals surface area (Å²) < 4.78 is 5.10. The molecular formula is C15H21Cl2N3O2. The lowest BCUT2D eigenvalue weighted by atomic mass is 10.0. The van der Waals surface area contributed by atoms with Gasteiger partial charge in [-0.15, -0.1) is 12.4 Å². The Hall–Kier alpha value is -1.01. The van der Waals surface area contributed by atoms with E-state index in [1.54, 1.807) is 25.3 Å². The molecule has 0 aromatic heterocycles. The van der Waals surface area contributed by atoms with Crippen LogP contribution in [0.1, 0.15) is 0 Å². The van der Waals surface area contributed by atoms with Crippen LogP contribution in [-0.2, 0) is 4.79 Å². The fraction of sp³-hybridized carbons (Fsp3) is 0.533. The summed E-state index contributed by atoms with van der Waals surface area (Å²) in [6.45, 7) is 4.62. The molecule has 0 bridgehead atoms. The second kappa shape index (κ2) is 7.51. The Labute approximate surface area is 141 Å². The van der Waals surface area contributed by atoms with Gasteiger partial charge in [0.25, 0.3) is 0 Å². The number of fused-ring (bicyclic) bond motifs is 1. The molecule has 3 rings (SSSR count). The number of methoxy groups -OCH3 is 1. The fourth-order valence-electron chi connectivity index (χ4n) is 3.23. The molecule has 0 unspecified atom stereocenters. The number of carbonyl (C=O) groups is 1. The third kappa shape index (κ3) is 3.84. The van der Waals surface area contributed by atoms with E-state index in [2.05, 4.69) is 15.5 Å². The molecule has 2 N–H and O–H groups in total. The number of amides is 1. The molecular weight excluding hydrogens is 325 g/mol. The first-order valence-electron chi connectivity index (χ1n) is 7.22. The van der Waals surface area contributed by atoms with Crippen molar-refractivity contribution in [1.82, 2.24) is 10.2 Å². The summed E-state index contributed by atoms with van der Waals surface area (Å²) in [4.78, 5) is 14.3. The van der Waals surface area contributed by atoms with Gasteiger partial charge in [0, 0.05) is 18.8 Å². The molecule has 2 aliphatic rings. The minimum Gasteiger partial charge on any atom is -0.495 e. The van der Waals surface area contributed by atoms with Crippen molar-refractivity contribution in [3.63, 3.8) is 0 Å². The molecule has 122 valence electrons. The monoisotopic (exact) mass is 345 g/mol. The summed E-state index contributed by atoms with van der Waals surface area (Å²) in [5.41, 5.74) is 0.701. The van der Waals surface area contributed by atoms with Crippen LogP contribution in [0.25, 0.3) is 0 Å². The van der Waals surface area contributed by atoms with Gasteiger partial charge in [0.2, 0.25) is 5.91 Å². The molecule has 5 nitrogen and oxygen atoms in total. The number of benzene rings is 1. The lowest BCUT2D eigenvalue weighted by Crippen LogP contribution is -2.33. The Morgan fingerprint density at radius 1 is 1.41 bits per heavy atom. The zero-order valence-corrected chi connectivity index (χ0v) is 14.0. The highest BCUT2D eigenvalue weighted by Gasteiger charge is 2.36. The van der Waals surface area contributed by atoms with E-state index in [0.717, 1.165) is 26.2 Å². The second-order valence-corrected chi connectivity index (χ2v) is 6.18. The van der Waals surface area contributed by atoms with E-state index < -0.39 is 0 Å². The van der Waals surface area contributed by atoms with E-state index in [-0.39, 0.29) is 18.3 Å². The minimum atomic E-state index is 0. The average Bonchev–Trinajstić information content (AvgIpc) is 2.99. The molecule has 7 heteroatoms. The van der Waals surface area contributed by atoms with Gasteiger partial charge in [-0.3, -0.25) is 9.69 Å². The average molecular weight is 346 g/mol.